The number of hydrogen-bond donors (Lipinski definition) is 0. The van der Waals surface area contributed by atoms with Gasteiger partial charge in [0.25, 0.3) is 5.91 Å². The first kappa shape index (κ1) is 26.3. The second kappa shape index (κ2) is 9.05. The average Bonchev–Trinajstić information content (AvgIpc) is 3.36. The van der Waals surface area contributed by atoms with Crippen molar-refractivity contribution in [2.75, 3.05) is 26.2 Å². The highest BCUT2D eigenvalue weighted by Gasteiger charge is 2.61. The highest BCUT2D eigenvalue weighted by molar-refractivity contribution is 7.11. The number of rotatable bonds is 5. The average molecular weight is 579 g/mol. The Morgan fingerprint density at radius 2 is 1.90 bits per heavy atom. The molecule has 3 aliphatic rings. The maximum atomic E-state index is 13.3. The van der Waals surface area contributed by atoms with E-state index in [1.165, 1.54) is 29.7 Å². The van der Waals surface area contributed by atoms with Crippen molar-refractivity contribution in [3.63, 3.8) is 0 Å². The van der Waals surface area contributed by atoms with Gasteiger partial charge in [-0.2, -0.15) is 13.2 Å². The van der Waals surface area contributed by atoms with Gasteiger partial charge in [0, 0.05) is 43.9 Å². The van der Waals surface area contributed by atoms with Crippen molar-refractivity contribution in [2.45, 2.75) is 38.8 Å². The molecular formula is C27H26ClF3N4O3S. The quantitative estimate of drug-likeness (QED) is 0.399. The fraction of sp³-hybridized carbons (Fsp3) is 0.481. The third-order valence-electron chi connectivity index (χ3n) is 8.30. The summed E-state index contributed by atoms with van der Waals surface area (Å²) in [6.07, 6.45) is -0.514. The number of thiazole rings is 1. The summed E-state index contributed by atoms with van der Waals surface area (Å²) in [5, 5.41) is -0.359. The molecule has 3 fully saturated rings. The lowest BCUT2D eigenvalue weighted by molar-refractivity contribution is -0.146. The zero-order chi connectivity index (χ0) is 27.7. The predicted octanol–water partition coefficient (Wildman–Crippen LogP) is 5.51. The van der Waals surface area contributed by atoms with Gasteiger partial charge in [-0.05, 0) is 29.5 Å². The van der Waals surface area contributed by atoms with Crippen LogP contribution in [0.5, 0.6) is 0 Å². The molecule has 2 amide bonds. The zero-order valence-corrected chi connectivity index (χ0v) is 22.9. The van der Waals surface area contributed by atoms with Crippen LogP contribution in [0.25, 0.3) is 0 Å². The lowest BCUT2D eigenvalue weighted by Gasteiger charge is -2.50. The molecule has 2 saturated heterocycles. The molecule has 206 valence electrons. The minimum atomic E-state index is -4.56. The first-order valence-electron chi connectivity index (χ1n) is 12.6. The van der Waals surface area contributed by atoms with Gasteiger partial charge in [0.1, 0.15) is 10.6 Å². The van der Waals surface area contributed by atoms with E-state index in [-0.39, 0.29) is 40.5 Å². The van der Waals surface area contributed by atoms with Gasteiger partial charge in [0.2, 0.25) is 5.91 Å². The fourth-order valence-electron chi connectivity index (χ4n) is 5.91. The first-order valence-corrected chi connectivity index (χ1v) is 13.9. The number of aromatic nitrogens is 2. The molecule has 0 N–H and O–H groups in total. The van der Waals surface area contributed by atoms with Crippen molar-refractivity contribution in [3.05, 3.63) is 68.8 Å². The van der Waals surface area contributed by atoms with Crippen molar-refractivity contribution in [3.8, 4) is 0 Å². The van der Waals surface area contributed by atoms with Gasteiger partial charge in [0.15, 0.2) is 5.89 Å². The number of halogens is 4. The largest absolute Gasteiger partial charge is 0.445 e. The van der Waals surface area contributed by atoms with E-state index in [0.717, 1.165) is 12.5 Å². The van der Waals surface area contributed by atoms with E-state index < -0.39 is 17.2 Å². The van der Waals surface area contributed by atoms with Gasteiger partial charge in [-0.15, -0.1) is 11.3 Å². The Balaban J connectivity index is 1.23. The van der Waals surface area contributed by atoms with Crippen LogP contribution in [0.2, 0.25) is 5.02 Å². The lowest BCUT2D eigenvalue weighted by atomic mass is 9.71. The van der Waals surface area contributed by atoms with Gasteiger partial charge < -0.3 is 14.2 Å². The molecule has 1 aromatic carbocycles. The predicted molar refractivity (Wildman–Crippen MR) is 137 cm³/mol. The molecule has 1 saturated carbocycles. The molecule has 1 spiro atoms. The molecule has 3 aromatic rings. The molecule has 7 nitrogen and oxygen atoms in total. The summed E-state index contributed by atoms with van der Waals surface area (Å²) in [5.41, 5.74) is 0.727. The van der Waals surface area contributed by atoms with Crippen molar-refractivity contribution in [1.29, 1.82) is 0 Å². The molecule has 6 rings (SSSR count). The smallest absolute Gasteiger partial charge is 0.417 e. The standard InChI is InChI=1S/C27H26ClF3N4O3S/c1-25(2)7-18(25)23(36)35-12-26(13-35)11-34(24(37)21-9-32-14-39-21)10-19(26)22-33-8-16(38-22)5-15-3-4-20(28)17(6-15)27(29,30)31/h3-4,6,8-9,14,18-19H,5,7,10-13H2,1-2H3/t18-,19?/m1/s1. The maximum absolute atomic E-state index is 13.3. The van der Waals surface area contributed by atoms with Crippen LogP contribution in [0, 0.1) is 16.7 Å². The van der Waals surface area contributed by atoms with Gasteiger partial charge in [-0.3, -0.25) is 14.6 Å². The molecular weight excluding hydrogens is 553 g/mol. The minimum Gasteiger partial charge on any atom is -0.445 e. The SMILES string of the molecule is CC1(C)C[C@@H]1C(=O)N1CC2(CN(C(=O)c3cncs3)CC2c2ncc(Cc3ccc(Cl)c(C(F)(F)F)c3)o2)C1. The molecule has 39 heavy (non-hydrogen) atoms. The first-order chi connectivity index (χ1) is 18.4. The van der Waals surface area contributed by atoms with Crippen LogP contribution in [-0.2, 0) is 17.4 Å². The Morgan fingerprint density at radius 1 is 1.18 bits per heavy atom. The number of carbonyl (C=O) groups excluding carboxylic acids is 2. The molecule has 0 radical (unpaired) electrons. The van der Waals surface area contributed by atoms with Crippen molar-refractivity contribution in [2.24, 2.45) is 16.7 Å². The van der Waals surface area contributed by atoms with Gasteiger partial charge in [-0.1, -0.05) is 31.5 Å². The van der Waals surface area contributed by atoms with Crippen LogP contribution < -0.4 is 0 Å². The molecule has 2 aromatic heterocycles. The Bertz CT molecular complexity index is 1430. The van der Waals surface area contributed by atoms with Crippen LogP contribution in [0.1, 0.15) is 58.6 Å². The Morgan fingerprint density at radius 3 is 2.54 bits per heavy atom. The number of hydrogen-bond acceptors (Lipinski definition) is 6. The monoisotopic (exact) mass is 578 g/mol. The van der Waals surface area contributed by atoms with E-state index in [1.807, 2.05) is 4.90 Å². The molecule has 2 atom stereocenters. The summed E-state index contributed by atoms with van der Waals surface area (Å²) in [6, 6.07) is 3.78. The Kier molecular flexibility index (Phi) is 6.11. The molecule has 4 heterocycles. The number of nitrogens with zero attached hydrogens (tertiary/aromatic N) is 4. The summed E-state index contributed by atoms with van der Waals surface area (Å²) < 4.78 is 46.0. The zero-order valence-electron chi connectivity index (χ0n) is 21.3. The van der Waals surface area contributed by atoms with E-state index >= 15 is 0 Å². The Hall–Kier alpha value is -2.92. The summed E-state index contributed by atoms with van der Waals surface area (Å²) in [6.45, 7) is 6.00. The molecule has 0 bridgehead atoms. The highest BCUT2D eigenvalue weighted by Crippen LogP contribution is 2.55. The number of oxazole rings is 1. The normalized spacial score (nSPS) is 23.2. The fourth-order valence-corrected chi connectivity index (χ4v) is 6.72. The van der Waals surface area contributed by atoms with E-state index in [9.17, 15) is 22.8 Å². The summed E-state index contributed by atoms with van der Waals surface area (Å²) >= 11 is 7.03. The number of likely N-dealkylation sites (tertiary alicyclic amines) is 2. The van der Waals surface area contributed by atoms with Crippen LogP contribution in [0.4, 0.5) is 13.2 Å². The van der Waals surface area contributed by atoms with Crippen molar-refractivity contribution < 1.29 is 27.2 Å². The number of carbonyl (C=O) groups is 2. The third-order valence-corrected chi connectivity index (χ3v) is 9.39. The van der Waals surface area contributed by atoms with Crippen LogP contribution in [0.15, 0.2) is 40.5 Å². The second-order valence-electron chi connectivity index (χ2n) is 11.6. The summed E-state index contributed by atoms with van der Waals surface area (Å²) in [5.74, 6) is 0.630. The molecule has 2 aliphatic heterocycles. The summed E-state index contributed by atoms with van der Waals surface area (Å²) in [4.78, 5) is 38.9. The maximum Gasteiger partial charge on any atom is 0.417 e. The minimum absolute atomic E-state index is 0.0220. The van der Waals surface area contributed by atoms with Gasteiger partial charge in [0.05, 0.1) is 34.4 Å². The van der Waals surface area contributed by atoms with E-state index in [2.05, 4.69) is 23.8 Å². The van der Waals surface area contributed by atoms with E-state index in [4.69, 9.17) is 16.0 Å². The topological polar surface area (TPSA) is 79.5 Å². The molecule has 12 heteroatoms. The van der Waals surface area contributed by atoms with E-state index in [1.54, 1.807) is 16.6 Å². The van der Waals surface area contributed by atoms with Crippen LogP contribution >= 0.6 is 22.9 Å². The van der Waals surface area contributed by atoms with Gasteiger partial charge >= 0.3 is 6.18 Å². The third kappa shape index (κ3) is 4.73. The number of alkyl halides is 3. The highest BCUT2D eigenvalue weighted by atomic mass is 35.5. The second-order valence-corrected chi connectivity index (χ2v) is 12.9. The van der Waals surface area contributed by atoms with Crippen molar-refractivity contribution >= 4 is 34.8 Å². The van der Waals surface area contributed by atoms with Gasteiger partial charge in [-0.25, -0.2) is 4.98 Å². The van der Waals surface area contributed by atoms with E-state index in [0.29, 0.717) is 48.3 Å². The van der Waals surface area contributed by atoms with Crippen molar-refractivity contribution in [1.82, 2.24) is 19.8 Å². The summed E-state index contributed by atoms with van der Waals surface area (Å²) in [7, 11) is 0. The number of benzene rings is 1. The van der Waals surface area contributed by atoms with Crippen LogP contribution in [0.3, 0.4) is 0 Å². The van der Waals surface area contributed by atoms with Crippen LogP contribution in [-0.4, -0.2) is 57.8 Å². The Labute approximate surface area is 232 Å². The molecule has 1 aliphatic carbocycles. The lowest BCUT2D eigenvalue weighted by Crippen LogP contribution is -2.62. The molecule has 1 unspecified atom stereocenters. The number of amides is 2.